The molecule has 1 aromatic carbocycles. The maximum atomic E-state index is 12.6. The normalized spacial score (nSPS) is 14.0. The molecule has 0 spiro atoms. The molecule has 8 heteroatoms. The minimum Gasteiger partial charge on any atom is -0.484 e. The van der Waals surface area contributed by atoms with Crippen molar-refractivity contribution in [2.24, 2.45) is 0 Å². The molecule has 2 heterocycles. The highest BCUT2D eigenvalue weighted by Gasteiger charge is 2.27. The number of rotatable bonds is 6. The number of hydrogen-bond donors (Lipinski definition) is 0. The Labute approximate surface area is 148 Å². The number of likely N-dealkylation sites (tertiary alicyclic amines) is 1. The fourth-order valence-corrected chi connectivity index (χ4v) is 3.15. The number of benzene rings is 1. The van der Waals surface area contributed by atoms with Crippen molar-refractivity contribution < 1.29 is 14.3 Å². The zero-order valence-corrected chi connectivity index (χ0v) is 14.4. The Kier molecular flexibility index (Phi) is 5.32. The minimum atomic E-state index is -0.250. The lowest BCUT2D eigenvalue weighted by Gasteiger charge is -2.25. The van der Waals surface area contributed by atoms with Crippen LogP contribution in [0, 0.1) is 0 Å². The third-order valence-corrected chi connectivity index (χ3v) is 4.66. The van der Waals surface area contributed by atoms with E-state index in [1.807, 2.05) is 0 Å². The van der Waals surface area contributed by atoms with Gasteiger partial charge in [0.25, 0.3) is 5.91 Å². The van der Waals surface area contributed by atoms with Crippen LogP contribution in [-0.2, 0) is 9.59 Å². The number of ether oxygens (including phenoxy) is 1. The summed E-state index contributed by atoms with van der Waals surface area (Å²) >= 11 is 7.18. The van der Waals surface area contributed by atoms with Gasteiger partial charge in [-0.05, 0) is 30.7 Å². The Balaban J connectivity index is 1.66. The first-order valence-corrected chi connectivity index (χ1v) is 8.75. The average Bonchev–Trinajstić information content (AvgIpc) is 3.24. The first-order chi connectivity index (χ1) is 11.6. The molecule has 0 N–H and O–H groups in total. The first kappa shape index (κ1) is 16.7. The monoisotopic (exact) mass is 365 g/mol. The summed E-state index contributed by atoms with van der Waals surface area (Å²) in [4.78, 5) is 31.8. The molecule has 0 aliphatic carbocycles. The van der Waals surface area contributed by atoms with E-state index in [9.17, 15) is 9.59 Å². The van der Waals surface area contributed by atoms with Crippen molar-refractivity contribution in [2.75, 3.05) is 24.7 Å². The van der Waals surface area contributed by atoms with Crippen LogP contribution < -0.4 is 9.64 Å². The Morgan fingerprint density at radius 1 is 1.38 bits per heavy atom. The van der Waals surface area contributed by atoms with Crippen LogP contribution in [0.25, 0.3) is 0 Å². The second kappa shape index (κ2) is 7.63. The Bertz CT molecular complexity index is 706. The molecule has 1 saturated heterocycles. The van der Waals surface area contributed by atoms with E-state index in [4.69, 9.17) is 16.3 Å². The van der Waals surface area contributed by atoms with Crippen LogP contribution in [0.1, 0.15) is 12.8 Å². The van der Waals surface area contributed by atoms with E-state index in [0.29, 0.717) is 28.9 Å². The molecule has 1 aliphatic rings. The van der Waals surface area contributed by atoms with Crippen molar-refractivity contribution in [1.82, 2.24) is 9.88 Å². The molecule has 1 fully saturated rings. The van der Waals surface area contributed by atoms with Crippen LogP contribution in [0.4, 0.5) is 5.13 Å². The highest BCUT2D eigenvalue weighted by Crippen LogP contribution is 2.21. The summed E-state index contributed by atoms with van der Waals surface area (Å²) in [5.74, 6) is 0.367. The van der Waals surface area contributed by atoms with Gasteiger partial charge in [-0.15, -0.1) is 11.3 Å². The van der Waals surface area contributed by atoms with Gasteiger partial charge in [0.1, 0.15) is 12.4 Å². The number of thiazole rings is 1. The fraction of sp³-hybridized carbons (Fsp3) is 0.312. The molecular formula is C16H16ClN3O3S. The van der Waals surface area contributed by atoms with Crippen LogP contribution >= 0.6 is 22.9 Å². The molecule has 1 aliphatic heterocycles. The maximum Gasteiger partial charge on any atom is 0.268 e. The number of anilines is 1. The van der Waals surface area contributed by atoms with Gasteiger partial charge in [0, 0.05) is 29.6 Å². The molecule has 1 aromatic heterocycles. The van der Waals surface area contributed by atoms with E-state index < -0.39 is 0 Å². The average molecular weight is 366 g/mol. The third-order valence-electron chi connectivity index (χ3n) is 3.61. The zero-order chi connectivity index (χ0) is 16.9. The summed E-state index contributed by atoms with van der Waals surface area (Å²) < 4.78 is 5.52. The van der Waals surface area contributed by atoms with Crippen LogP contribution in [-0.4, -0.2) is 41.5 Å². The summed E-state index contributed by atoms with van der Waals surface area (Å²) in [6, 6.07) is 6.80. The van der Waals surface area contributed by atoms with Crippen molar-refractivity contribution in [3.8, 4) is 5.75 Å². The Morgan fingerprint density at radius 3 is 2.79 bits per heavy atom. The lowest BCUT2D eigenvalue weighted by Crippen LogP contribution is -2.44. The molecule has 0 radical (unpaired) electrons. The van der Waals surface area contributed by atoms with E-state index in [1.165, 1.54) is 16.2 Å². The van der Waals surface area contributed by atoms with Gasteiger partial charge in [0.05, 0.1) is 0 Å². The third kappa shape index (κ3) is 4.04. The number of nitrogens with zero attached hydrogens (tertiary/aromatic N) is 3. The Morgan fingerprint density at radius 2 is 2.17 bits per heavy atom. The molecule has 0 bridgehead atoms. The van der Waals surface area contributed by atoms with Gasteiger partial charge in [-0.1, -0.05) is 11.6 Å². The lowest BCUT2D eigenvalue weighted by molar-refractivity contribution is -0.128. The number of amides is 2. The highest BCUT2D eigenvalue weighted by atomic mass is 35.5. The topological polar surface area (TPSA) is 62.7 Å². The predicted octanol–water partition coefficient (Wildman–Crippen LogP) is 2.79. The smallest absolute Gasteiger partial charge is 0.268 e. The summed E-state index contributed by atoms with van der Waals surface area (Å²) in [7, 11) is 0. The van der Waals surface area contributed by atoms with Crippen molar-refractivity contribution in [3.05, 3.63) is 40.9 Å². The van der Waals surface area contributed by atoms with Crippen LogP contribution in [0.2, 0.25) is 5.02 Å². The van der Waals surface area contributed by atoms with E-state index in [0.717, 1.165) is 6.42 Å². The van der Waals surface area contributed by atoms with Crippen molar-refractivity contribution >= 4 is 39.9 Å². The number of carbonyl (C=O) groups excluding carboxylic acids is 2. The van der Waals surface area contributed by atoms with Gasteiger partial charge in [-0.25, -0.2) is 4.98 Å². The molecule has 126 valence electrons. The largest absolute Gasteiger partial charge is 0.484 e. The molecule has 0 saturated carbocycles. The van der Waals surface area contributed by atoms with Crippen molar-refractivity contribution in [2.45, 2.75) is 12.8 Å². The van der Waals surface area contributed by atoms with E-state index >= 15 is 0 Å². The van der Waals surface area contributed by atoms with E-state index in [1.54, 1.807) is 40.7 Å². The second-order valence-corrected chi connectivity index (χ2v) is 6.59. The van der Waals surface area contributed by atoms with Gasteiger partial charge >= 0.3 is 0 Å². The van der Waals surface area contributed by atoms with Crippen LogP contribution in [0.3, 0.4) is 0 Å². The van der Waals surface area contributed by atoms with Crippen LogP contribution in [0.15, 0.2) is 35.8 Å². The van der Waals surface area contributed by atoms with Crippen LogP contribution in [0.5, 0.6) is 5.75 Å². The second-order valence-electron chi connectivity index (χ2n) is 5.28. The lowest BCUT2D eigenvalue weighted by atomic mass is 10.3. The van der Waals surface area contributed by atoms with Gasteiger partial charge in [0.15, 0.2) is 11.7 Å². The molecule has 2 amide bonds. The quantitative estimate of drug-likeness (QED) is 0.789. The number of hydrogen-bond acceptors (Lipinski definition) is 5. The zero-order valence-electron chi connectivity index (χ0n) is 12.9. The standard InChI is InChI=1S/C16H16ClN3O3S/c17-12-3-5-13(6-4-12)23-10-15(22)20(16-18-7-9-24-16)11-19-8-1-2-14(19)21/h3-7,9H,1-2,8,10-11H2. The first-order valence-electron chi connectivity index (χ1n) is 7.49. The molecular weight excluding hydrogens is 350 g/mol. The van der Waals surface area contributed by atoms with E-state index in [-0.39, 0.29) is 25.1 Å². The fourth-order valence-electron chi connectivity index (χ4n) is 2.37. The SMILES string of the molecule is O=C1CCCN1CN(C(=O)COc1ccc(Cl)cc1)c1nccs1. The van der Waals surface area contributed by atoms with Gasteiger partial charge in [-0.2, -0.15) is 0 Å². The van der Waals surface area contributed by atoms with Gasteiger partial charge in [0.2, 0.25) is 5.91 Å². The molecule has 0 atom stereocenters. The summed E-state index contributed by atoms with van der Waals surface area (Å²) in [6.45, 7) is 0.727. The maximum absolute atomic E-state index is 12.6. The number of carbonyl (C=O) groups is 2. The van der Waals surface area contributed by atoms with Crippen molar-refractivity contribution in [3.63, 3.8) is 0 Å². The molecule has 6 nitrogen and oxygen atoms in total. The van der Waals surface area contributed by atoms with E-state index in [2.05, 4.69) is 4.98 Å². The van der Waals surface area contributed by atoms with Crippen molar-refractivity contribution in [1.29, 1.82) is 0 Å². The Hall–Kier alpha value is -2.12. The number of aromatic nitrogens is 1. The summed E-state index contributed by atoms with van der Waals surface area (Å²) in [5, 5.41) is 2.95. The highest BCUT2D eigenvalue weighted by molar-refractivity contribution is 7.13. The summed E-state index contributed by atoms with van der Waals surface area (Å²) in [6.07, 6.45) is 2.98. The predicted molar refractivity (Wildman–Crippen MR) is 92.4 cm³/mol. The summed E-state index contributed by atoms with van der Waals surface area (Å²) in [5.41, 5.74) is 0. The minimum absolute atomic E-state index is 0.0583. The molecule has 3 rings (SSSR count). The van der Waals surface area contributed by atoms with Gasteiger partial charge in [-0.3, -0.25) is 14.5 Å². The number of halogens is 1. The molecule has 0 unspecified atom stereocenters. The van der Waals surface area contributed by atoms with Gasteiger partial charge < -0.3 is 9.64 Å². The molecule has 24 heavy (non-hydrogen) atoms. The molecule has 2 aromatic rings.